The van der Waals surface area contributed by atoms with Gasteiger partial charge in [-0.05, 0) is 132 Å². The Bertz CT molecular complexity index is 1200. The average Bonchev–Trinajstić information content (AvgIpc) is 2.92. The Hall–Kier alpha value is -1.56. The molecule has 0 spiro atoms. The Morgan fingerprint density at radius 3 is 1.33 bits per heavy atom. The molecular weight excluding hydrogens is 616 g/mol. The zero-order valence-corrected chi connectivity index (χ0v) is 26.8. The van der Waals surface area contributed by atoms with Crippen LogP contribution in [0.25, 0.3) is 0 Å². The summed E-state index contributed by atoms with van der Waals surface area (Å²) in [6, 6.07) is 0. The van der Waals surface area contributed by atoms with Gasteiger partial charge in [0, 0.05) is 23.7 Å². The third kappa shape index (κ3) is 6.01. The predicted octanol–water partition coefficient (Wildman–Crippen LogP) is 7.17. The maximum atomic E-state index is 14.1. The second kappa shape index (κ2) is 11.3. The number of halogens is 4. The van der Waals surface area contributed by atoms with Crippen LogP contribution < -0.4 is 0 Å². The number of Topliss-reactive ketones (excluding diaryl/α,β-unsaturated/α-hetero) is 2. The van der Waals surface area contributed by atoms with Crippen LogP contribution in [0, 0.1) is 51.8 Å². The summed E-state index contributed by atoms with van der Waals surface area (Å²) >= 11 is 0. The number of rotatable bonds is 14. The van der Waals surface area contributed by atoms with Gasteiger partial charge in [-0.1, -0.05) is 0 Å². The summed E-state index contributed by atoms with van der Waals surface area (Å²) in [7, 11) is -6.41. The van der Waals surface area contributed by atoms with E-state index in [1.54, 1.807) is 6.92 Å². The number of hydrogen-bond donors (Lipinski definition) is 1. The molecule has 0 unspecified atom stereocenters. The van der Waals surface area contributed by atoms with Gasteiger partial charge in [-0.3, -0.25) is 18.9 Å². The van der Waals surface area contributed by atoms with Crippen LogP contribution in [0.15, 0.2) is 0 Å². The fourth-order valence-corrected chi connectivity index (χ4v) is 11.8. The van der Waals surface area contributed by atoms with E-state index in [2.05, 4.69) is 0 Å². The van der Waals surface area contributed by atoms with Gasteiger partial charge in [0.15, 0.2) is 0 Å². The average molecular weight is 663 g/mol. The number of esters is 1. The van der Waals surface area contributed by atoms with Crippen molar-refractivity contribution in [2.24, 2.45) is 51.8 Å². The van der Waals surface area contributed by atoms with E-state index in [9.17, 15) is 40.4 Å². The minimum Gasteiger partial charge on any atom is -0.465 e. The molecule has 0 atom stereocenters. The predicted molar refractivity (Wildman–Crippen MR) is 155 cm³/mol. The van der Waals surface area contributed by atoms with Crippen molar-refractivity contribution in [1.29, 1.82) is 0 Å². The van der Waals surface area contributed by atoms with Crippen molar-refractivity contribution in [3.05, 3.63) is 0 Å². The van der Waals surface area contributed by atoms with Gasteiger partial charge in [-0.2, -0.15) is 26.0 Å². The fraction of sp³-hybridized carbons (Fsp3) is 0.909. The maximum absolute atomic E-state index is 14.1. The lowest BCUT2D eigenvalue weighted by Crippen LogP contribution is -2.50. The van der Waals surface area contributed by atoms with Crippen molar-refractivity contribution < 1.29 is 49.7 Å². The third-order valence-corrected chi connectivity index (χ3v) is 13.9. The van der Waals surface area contributed by atoms with E-state index in [4.69, 9.17) is 9.29 Å². The quantitative estimate of drug-likeness (QED) is 0.119. The van der Waals surface area contributed by atoms with Crippen molar-refractivity contribution >= 4 is 27.7 Å². The van der Waals surface area contributed by atoms with Crippen LogP contribution >= 0.6 is 0 Å². The second-order valence-electron chi connectivity index (χ2n) is 16.4. The summed E-state index contributed by atoms with van der Waals surface area (Å²) in [5.74, 6) is -2.76. The summed E-state index contributed by atoms with van der Waals surface area (Å²) in [6.45, 7) is 0.318. The Balaban J connectivity index is 1.14. The van der Waals surface area contributed by atoms with Crippen LogP contribution in [0.1, 0.15) is 116 Å². The number of hydrogen-bond acceptors (Lipinski definition) is 6. The highest BCUT2D eigenvalue weighted by Crippen LogP contribution is 2.62. The molecule has 0 saturated heterocycles. The Morgan fingerprint density at radius 2 is 1.02 bits per heavy atom. The van der Waals surface area contributed by atoms with Crippen LogP contribution in [-0.4, -0.2) is 48.3 Å². The zero-order chi connectivity index (χ0) is 32.6. The van der Waals surface area contributed by atoms with E-state index in [1.165, 1.54) is 0 Å². The molecule has 8 fully saturated rings. The van der Waals surface area contributed by atoms with Gasteiger partial charge in [0.05, 0.1) is 18.4 Å². The van der Waals surface area contributed by atoms with Gasteiger partial charge < -0.3 is 4.74 Å². The lowest BCUT2D eigenvalue weighted by molar-refractivity contribution is -0.178. The highest BCUT2D eigenvalue weighted by atomic mass is 32.2. The summed E-state index contributed by atoms with van der Waals surface area (Å²) < 4.78 is 91.0. The Kier molecular flexibility index (Phi) is 8.35. The van der Waals surface area contributed by atoms with Crippen LogP contribution in [0.5, 0.6) is 0 Å². The summed E-state index contributed by atoms with van der Waals surface area (Å²) in [5.41, 5.74) is -2.22. The molecule has 1 N–H and O–H groups in total. The highest BCUT2D eigenvalue weighted by Gasteiger charge is 2.65. The van der Waals surface area contributed by atoms with Crippen molar-refractivity contribution in [3.63, 3.8) is 0 Å². The largest absolute Gasteiger partial charge is 0.465 e. The first-order chi connectivity index (χ1) is 20.9. The van der Waals surface area contributed by atoms with E-state index in [-0.39, 0.29) is 37.2 Å². The fourth-order valence-electron chi connectivity index (χ4n) is 11.3. The molecule has 8 rings (SSSR count). The molecule has 45 heavy (non-hydrogen) atoms. The molecule has 0 aromatic carbocycles. The minimum absolute atomic E-state index is 0.0398. The molecule has 7 nitrogen and oxygen atoms in total. The molecule has 0 aliphatic heterocycles. The first-order valence-corrected chi connectivity index (χ1v) is 18.3. The first kappa shape index (κ1) is 33.3. The summed E-state index contributed by atoms with van der Waals surface area (Å²) in [6.07, 6.45) is 10.4. The van der Waals surface area contributed by atoms with Gasteiger partial charge in [0.25, 0.3) is 0 Å². The van der Waals surface area contributed by atoms with Gasteiger partial charge >= 0.3 is 27.3 Å². The summed E-state index contributed by atoms with van der Waals surface area (Å²) in [4.78, 5) is 41.1. The van der Waals surface area contributed by atoms with Gasteiger partial charge in [0.1, 0.15) is 11.6 Å². The van der Waals surface area contributed by atoms with Crippen LogP contribution in [0.2, 0.25) is 0 Å². The molecule has 254 valence electrons. The minimum atomic E-state index is -6.41. The molecule has 0 amide bonds. The Morgan fingerprint density at radius 1 is 0.689 bits per heavy atom. The molecule has 0 heterocycles. The molecule has 0 aromatic rings. The molecule has 8 aliphatic rings. The maximum Gasteiger partial charge on any atom is 0.431 e. The lowest BCUT2D eigenvalue weighted by atomic mass is 9.48. The number of carbonyl (C=O) groups excluding carboxylic acids is 3. The van der Waals surface area contributed by atoms with Crippen molar-refractivity contribution in [1.82, 2.24) is 0 Å². The van der Waals surface area contributed by atoms with Crippen molar-refractivity contribution in [2.45, 2.75) is 127 Å². The summed E-state index contributed by atoms with van der Waals surface area (Å²) in [5, 5.41) is -5.76. The van der Waals surface area contributed by atoms with Gasteiger partial charge in [-0.25, -0.2) is 0 Å². The van der Waals surface area contributed by atoms with E-state index >= 15 is 0 Å². The van der Waals surface area contributed by atoms with E-state index < -0.39 is 56.5 Å². The highest BCUT2D eigenvalue weighted by molar-refractivity contribution is 7.87. The van der Waals surface area contributed by atoms with Gasteiger partial charge in [-0.15, -0.1) is 0 Å². The second-order valence-corrected chi connectivity index (χ2v) is 17.8. The number of ether oxygens (including phenoxy) is 1. The van der Waals surface area contributed by atoms with E-state index in [0.29, 0.717) is 35.5 Å². The number of carbonyl (C=O) groups is 3. The van der Waals surface area contributed by atoms with E-state index in [0.717, 1.165) is 77.0 Å². The standard InChI is InChI=1S/C33H46F4O7S/c1-29(28(40)44-7-6-32(34,35)33(36,37)45(41,42)43,4-2-26(38)30-14-20-8-21(15-30)10-22(9-20)16-30)5-3-27(39)31-17-23-11-24(18-31)13-25(12-23)19-31/h20-25H,2-19H2,1H3,(H,41,42,43). The van der Waals surface area contributed by atoms with Crippen LogP contribution in [0.4, 0.5) is 17.6 Å². The van der Waals surface area contributed by atoms with Crippen molar-refractivity contribution in [2.75, 3.05) is 6.61 Å². The molecule has 12 heteroatoms. The molecular formula is C33H46F4O7S. The van der Waals surface area contributed by atoms with Gasteiger partial charge in [0.2, 0.25) is 0 Å². The topological polar surface area (TPSA) is 115 Å². The van der Waals surface area contributed by atoms with Crippen molar-refractivity contribution in [3.8, 4) is 0 Å². The lowest BCUT2D eigenvalue weighted by Gasteiger charge is -2.56. The van der Waals surface area contributed by atoms with Crippen LogP contribution in [0.3, 0.4) is 0 Å². The molecule has 8 bridgehead atoms. The monoisotopic (exact) mass is 662 g/mol. The number of ketones is 2. The SMILES string of the molecule is CC(CCC(=O)C12CC3CC(CC(C3)C1)C2)(CCC(=O)C12CC3CC(CC(C3)C1)C2)C(=O)OCCC(F)(F)C(F)(F)S(=O)(=O)O. The zero-order valence-electron chi connectivity index (χ0n) is 26.0. The smallest absolute Gasteiger partial charge is 0.431 e. The van der Waals surface area contributed by atoms with E-state index in [1.807, 2.05) is 0 Å². The molecule has 0 aromatic heterocycles. The molecule has 8 saturated carbocycles. The Labute approximate surface area is 262 Å². The first-order valence-electron chi connectivity index (χ1n) is 16.8. The van der Waals surface area contributed by atoms with Crippen LogP contribution in [-0.2, 0) is 29.2 Å². The number of alkyl halides is 4. The normalized spacial score (nSPS) is 38.3. The molecule has 0 radical (unpaired) electrons. The molecule has 8 aliphatic carbocycles. The third-order valence-electron chi connectivity index (χ3n) is 13.0.